The maximum atomic E-state index is 6.08. The molecule has 0 spiro atoms. The van der Waals surface area contributed by atoms with Gasteiger partial charge in [0.2, 0.25) is 5.88 Å². The molecule has 0 fully saturated rings. The van der Waals surface area contributed by atoms with Gasteiger partial charge in [0.1, 0.15) is 5.69 Å². The Labute approximate surface area is 90.9 Å². The Balaban J connectivity index is 2.86. The Hall–Kier alpha value is -1.16. The quantitative estimate of drug-likeness (QED) is 0.826. The molecular formula is C11H19N3O. The smallest absolute Gasteiger partial charge is 0.236 e. The first-order valence-electron chi connectivity index (χ1n) is 5.04. The van der Waals surface area contributed by atoms with E-state index in [1.807, 2.05) is 0 Å². The first kappa shape index (κ1) is 11.9. The van der Waals surface area contributed by atoms with Gasteiger partial charge in [-0.15, -0.1) is 0 Å². The minimum Gasteiger partial charge on any atom is -0.480 e. The Morgan fingerprint density at radius 3 is 2.47 bits per heavy atom. The lowest BCUT2D eigenvalue weighted by atomic mass is 9.87. The van der Waals surface area contributed by atoms with Crippen LogP contribution in [0.4, 0.5) is 0 Å². The summed E-state index contributed by atoms with van der Waals surface area (Å²) in [6, 6.07) is -0.131. The molecule has 0 aliphatic rings. The van der Waals surface area contributed by atoms with Gasteiger partial charge in [-0.3, -0.25) is 4.98 Å². The van der Waals surface area contributed by atoms with E-state index < -0.39 is 0 Å². The summed E-state index contributed by atoms with van der Waals surface area (Å²) in [5.74, 6) is 0.522. The first-order valence-corrected chi connectivity index (χ1v) is 5.04. The molecule has 4 nitrogen and oxygen atoms in total. The number of hydrogen-bond donors (Lipinski definition) is 1. The molecule has 1 unspecified atom stereocenters. The minimum atomic E-state index is -0.131. The van der Waals surface area contributed by atoms with E-state index in [4.69, 9.17) is 10.5 Å². The predicted octanol–water partition coefficient (Wildman–Crippen LogP) is 1.92. The van der Waals surface area contributed by atoms with Gasteiger partial charge in [-0.2, -0.15) is 0 Å². The third kappa shape index (κ3) is 3.47. The molecule has 2 N–H and O–H groups in total. The highest BCUT2D eigenvalue weighted by Gasteiger charge is 2.21. The van der Waals surface area contributed by atoms with Crippen LogP contribution in [0.1, 0.15) is 38.9 Å². The SMILES string of the molecule is COc1nccnc1C(N)CC(C)(C)C. The molecule has 0 amide bonds. The van der Waals surface area contributed by atoms with Crippen LogP contribution in [-0.4, -0.2) is 17.1 Å². The molecule has 1 aromatic heterocycles. The summed E-state index contributed by atoms with van der Waals surface area (Å²) in [5, 5.41) is 0. The zero-order valence-electron chi connectivity index (χ0n) is 9.82. The van der Waals surface area contributed by atoms with Crippen molar-refractivity contribution >= 4 is 0 Å². The molecule has 1 aromatic rings. The van der Waals surface area contributed by atoms with Gasteiger partial charge in [-0.05, 0) is 11.8 Å². The van der Waals surface area contributed by atoms with E-state index in [9.17, 15) is 0 Å². The summed E-state index contributed by atoms with van der Waals surface area (Å²) in [6.07, 6.45) is 4.09. The summed E-state index contributed by atoms with van der Waals surface area (Å²) in [7, 11) is 1.58. The van der Waals surface area contributed by atoms with Crippen LogP contribution < -0.4 is 10.5 Å². The number of methoxy groups -OCH3 is 1. The summed E-state index contributed by atoms with van der Waals surface area (Å²) in [4.78, 5) is 8.30. The second-order valence-electron chi connectivity index (χ2n) is 4.82. The zero-order valence-corrected chi connectivity index (χ0v) is 9.82. The van der Waals surface area contributed by atoms with Crippen molar-refractivity contribution in [1.29, 1.82) is 0 Å². The van der Waals surface area contributed by atoms with Gasteiger partial charge < -0.3 is 10.5 Å². The van der Waals surface area contributed by atoms with Crippen LogP contribution in [0.3, 0.4) is 0 Å². The summed E-state index contributed by atoms with van der Waals surface area (Å²) >= 11 is 0. The molecule has 0 aliphatic heterocycles. The van der Waals surface area contributed by atoms with Crippen LogP contribution >= 0.6 is 0 Å². The highest BCUT2D eigenvalue weighted by molar-refractivity contribution is 5.20. The molecule has 1 rings (SSSR count). The van der Waals surface area contributed by atoms with Crippen molar-refractivity contribution in [2.75, 3.05) is 7.11 Å². The highest BCUT2D eigenvalue weighted by Crippen LogP contribution is 2.29. The van der Waals surface area contributed by atoms with Crippen LogP contribution in [0.2, 0.25) is 0 Å². The van der Waals surface area contributed by atoms with E-state index in [-0.39, 0.29) is 11.5 Å². The van der Waals surface area contributed by atoms with Crippen molar-refractivity contribution in [3.63, 3.8) is 0 Å². The van der Waals surface area contributed by atoms with Gasteiger partial charge in [-0.25, -0.2) is 4.98 Å². The molecule has 0 bridgehead atoms. The Kier molecular flexibility index (Phi) is 3.63. The maximum absolute atomic E-state index is 6.08. The Bertz CT molecular complexity index is 320. The minimum absolute atomic E-state index is 0.131. The molecule has 84 valence electrons. The first-order chi connectivity index (χ1) is 6.94. The number of nitrogens with zero attached hydrogens (tertiary/aromatic N) is 2. The average Bonchev–Trinajstić information content (AvgIpc) is 2.15. The van der Waals surface area contributed by atoms with E-state index >= 15 is 0 Å². The van der Waals surface area contributed by atoms with Gasteiger partial charge in [0.25, 0.3) is 0 Å². The third-order valence-corrected chi connectivity index (χ3v) is 2.07. The molecule has 1 atom stereocenters. The molecule has 0 aliphatic carbocycles. The molecule has 0 saturated carbocycles. The standard InChI is InChI=1S/C11H19N3O/c1-11(2,3)7-8(12)9-10(15-4)14-6-5-13-9/h5-6,8H,7,12H2,1-4H3. The van der Waals surface area contributed by atoms with Crippen LogP contribution in [-0.2, 0) is 0 Å². The third-order valence-electron chi connectivity index (χ3n) is 2.07. The van der Waals surface area contributed by atoms with Crippen LogP contribution in [0.5, 0.6) is 5.88 Å². The molecule has 0 aromatic carbocycles. The Morgan fingerprint density at radius 2 is 1.93 bits per heavy atom. The van der Waals surface area contributed by atoms with E-state index in [0.29, 0.717) is 5.88 Å². The van der Waals surface area contributed by atoms with Crippen molar-refractivity contribution in [2.24, 2.45) is 11.1 Å². The predicted molar refractivity (Wildman–Crippen MR) is 59.6 cm³/mol. The molecule has 4 heteroatoms. The van der Waals surface area contributed by atoms with Crippen LogP contribution in [0, 0.1) is 5.41 Å². The second-order valence-corrected chi connectivity index (χ2v) is 4.82. The van der Waals surface area contributed by atoms with E-state index in [2.05, 4.69) is 30.7 Å². The zero-order chi connectivity index (χ0) is 11.5. The van der Waals surface area contributed by atoms with Crippen molar-refractivity contribution in [1.82, 2.24) is 9.97 Å². The summed E-state index contributed by atoms with van der Waals surface area (Å²) in [6.45, 7) is 6.45. The molecule has 15 heavy (non-hydrogen) atoms. The van der Waals surface area contributed by atoms with Crippen LogP contribution in [0.15, 0.2) is 12.4 Å². The van der Waals surface area contributed by atoms with Crippen molar-refractivity contribution < 1.29 is 4.74 Å². The van der Waals surface area contributed by atoms with Gasteiger partial charge in [0.15, 0.2) is 0 Å². The van der Waals surface area contributed by atoms with Crippen LogP contribution in [0.25, 0.3) is 0 Å². The van der Waals surface area contributed by atoms with E-state index in [0.717, 1.165) is 12.1 Å². The van der Waals surface area contributed by atoms with Gasteiger partial charge in [0.05, 0.1) is 13.2 Å². The lowest BCUT2D eigenvalue weighted by molar-refractivity contribution is 0.327. The average molecular weight is 209 g/mol. The normalized spacial score (nSPS) is 13.7. The topological polar surface area (TPSA) is 61.0 Å². The van der Waals surface area contributed by atoms with Gasteiger partial charge >= 0.3 is 0 Å². The number of aromatic nitrogens is 2. The van der Waals surface area contributed by atoms with Crippen molar-refractivity contribution in [2.45, 2.75) is 33.2 Å². The van der Waals surface area contributed by atoms with Crippen molar-refractivity contribution in [3.05, 3.63) is 18.1 Å². The molecule has 1 heterocycles. The molecule has 0 radical (unpaired) electrons. The summed E-state index contributed by atoms with van der Waals surface area (Å²) in [5.41, 5.74) is 6.98. The fourth-order valence-electron chi connectivity index (χ4n) is 1.50. The monoisotopic (exact) mass is 209 g/mol. The second kappa shape index (κ2) is 4.57. The van der Waals surface area contributed by atoms with E-state index in [1.54, 1.807) is 19.5 Å². The highest BCUT2D eigenvalue weighted by atomic mass is 16.5. The Morgan fingerprint density at radius 1 is 1.33 bits per heavy atom. The molecular weight excluding hydrogens is 190 g/mol. The maximum Gasteiger partial charge on any atom is 0.236 e. The van der Waals surface area contributed by atoms with E-state index in [1.165, 1.54) is 0 Å². The number of hydrogen-bond acceptors (Lipinski definition) is 4. The fraction of sp³-hybridized carbons (Fsp3) is 0.636. The number of nitrogens with two attached hydrogens (primary N) is 1. The lowest BCUT2D eigenvalue weighted by Gasteiger charge is -2.23. The number of ether oxygens (including phenoxy) is 1. The lowest BCUT2D eigenvalue weighted by Crippen LogP contribution is -2.20. The molecule has 0 saturated heterocycles. The number of rotatable bonds is 3. The fourth-order valence-corrected chi connectivity index (χ4v) is 1.50. The summed E-state index contributed by atoms with van der Waals surface area (Å²) < 4.78 is 5.13. The van der Waals surface area contributed by atoms with Crippen molar-refractivity contribution in [3.8, 4) is 5.88 Å². The largest absolute Gasteiger partial charge is 0.480 e. The van der Waals surface area contributed by atoms with Gasteiger partial charge in [-0.1, -0.05) is 20.8 Å². The van der Waals surface area contributed by atoms with Gasteiger partial charge in [0, 0.05) is 12.4 Å².